The molecule has 0 spiro atoms. The van der Waals surface area contributed by atoms with Gasteiger partial charge >= 0.3 is 0 Å². The van der Waals surface area contributed by atoms with Gasteiger partial charge in [0.15, 0.2) is 5.78 Å². The minimum Gasteiger partial charge on any atom is -0.386 e. The van der Waals surface area contributed by atoms with Gasteiger partial charge in [-0.05, 0) is 25.0 Å². The maximum atomic E-state index is 11.0. The van der Waals surface area contributed by atoms with Crippen LogP contribution in [0.3, 0.4) is 0 Å². The summed E-state index contributed by atoms with van der Waals surface area (Å²) < 4.78 is 0. The predicted molar refractivity (Wildman–Crippen MR) is 70.9 cm³/mol. The highest BCUT2D eigenvalue weighted by Gasteiger charge is 2.26. The summed E-state index contributed by atoms with van der Waals surface area (Å²) >= 11 is 0. The van der Waals surface area contributed by atoms with Crippen molar-refractivity contribution in [2.24, 2.45) is 0 Å². The summed E-state index contributed by atoms with van der Waals surface area (Å²) in [5.41, 5.74) is -0.697. The van der Waals surface area contributed by atoms with Crippen LogP contribution in [0.25, 0.3) is 0 Å². The Kier molecular flexibility index (Phi) is 6.49. The molecule has 1 atom stereocenters. The molecule has 1 unspecified atom stereocenters. The van der Waals surface area contributed by atoms with Gasteiger partial charge in [0.25, 0.3) is 0 Å². The van der Waals surface area contributed by atoms with Gasteiger partial charge in [-0.25, -0.2) is 0 Å². The van der Waals surface area contributed by atoms with Crippen molar-refractivity contribution in [2.75, 3.05) is 0 Å². The molecule has 0 saturated heterocycles. The molecule has 0 aromatic heterocycles. The quantitative estimate of drug-likeness (QED) is 0.653. The van der Waals surface area contributed by atoms with E-state index in [9.17, 15) is 9.90 Å². The van der Waals surface area contributed by atoms with Gasteiger partial charge in [0.1, 0.15) is 0 Å². The second-order valence-electron chi connectivity index (χ2n) is 5.27. The van der Waals surface area contributed by atoms with Crippen LogP contribution in [0, 0.1) is 0 Å². The maximum absolute atomic E-state index is 11.0. The zero-order valence-corrected chi connectivity index (χ0v) is 11.1. The SMILES string of the molecule is CCCCCCCCCC1(O)C=CC(=O)CC1. The molecule has 1 aliphatic rings. The molecule has 1 N–H and O–H groups in total. The molecular weight excluding hydrogens is 212 g/mol. The van der Waals surface area contributed by atoms with Gasteiger partial charge in [-0.1, -0.05) is 51.9 Å². The first-order chi connectivity index (χ1) is 8.16. The van der Waals surface area contributed by atoms with Gasteiger partial charge in [0.05, 0.1) is 5.60 Å². The molecule has 1 aliphatic carbocycles. The van der Waals surface area contributed by atoms with Crippen LogP contribution in [0.1, 0.15) is 71.1 Å². The summed E-state index contributed by atoms with van der Waals surface area (Å²) in [7, 11) is 0. The summed E-state index contributed by atoms with van der Waals surface area (Å²) in [4.78, 5) is 11.0. The van der Waals surface area contributed by atoms with E-state index in [2.05, 4.69) is 6.92 Å². The van der Waals surface area contributed by atoms with Crippen molar-refractivity contribution < 1.29 is 9.90 Å². The van der Waals surface area contributed by atoms with E-state index in [0.29, 0.717) is 12.8 Å². The number of rotatable bonds is 8. The third-order valence-electron chi connectivity index (χ3n) is 3.60. The number of unbranched alkanes of at least 4 members (excludes halogenated alkanes) is 6. The Morgan fingerprint density at radius 3 is 2.41 bits per heavy atom. The van der Waals surface area contributed by atoms with Crippen molar-refractivity contribution in [3.05, 3.63) is 12.2 Å². The number of aliphatic hydroxyl groups is 1. The van der Waals surface area contributed by atoms with E-state index in [0.717, 1.165) is 12.8 Å². The van der Waals surface area contributed by atoms with Crippen LogP contribution in [0.5, 0.6) is 0 Å². The first-order valence-corrected chi connectivity index (χ1v) is 7.11. The Morgan fingerprint density at radius 1 is 1.18 bits per heavy atom. The lowest BCUT2D eigenvalue weighted by Gasteiger charge is -2.26. The van der Waals surface area contributed by atoms with E-state index in [1.807, 2.05) is 0 Å². The topological polar surface area (TPSA) is 37.3 Å². The molecule has 2 heteroatoms. The lowest BCUT2D eigenvalue weighted by molar-refractivity contribution is -0.116. The summed E-state index contributed by atoms with van der Waals surface area (Å²) in [5, 5.41) is 10.2. The van der Waals surface area contributed by atoms with Crippen LogP contribution in [0.4, 0.5) is 0 Å². The first kappa shape index (κ1) is 14.4. The van der Waals surface area contributed by atoms with Crippen LogP contribution in [0.15, 0.2) is 12.2 Å². The van der Waals surface area contributed by atoms with E-state index in [1.165, 1.54) is 38.5 Å². The predicted octanol–water partition coefficient (Wildman–Crippen LogP) is 3.78. The lowest BCUT2D eigenvalue weighted by atomic mass is 9.86. The molecule has 98 valence electrons. The maximum Gasteiger partial charge on any atom is 0.155 e. The third-order valence-corrected chi connectivity index (χ3v) is 3.60. The molecule has 0 saturated carbocycles. The highest BCUT2D eigenvalue weighted by Crippen LogP contribution is 2.26. The highest BCUT2D eigenvalue weighted by molar-refractivity contribution is 5.90. The molecule has 0 heterocycles. The molecule has 0 radical (unpaired) electrons. The molecule has 0 aromatic carbocycles. The second kappa shape index (κ2) is 7.65. The smallest absolute Gasteiger partial charge is 0.155 e. The molecule has 1 rings (SSSR count). The molecule has 0 aliphatic heterocycles. The number of allylic oxidation sites excluding steroid dienone is 1. The Hall–Kier alpha value is -0.630. The number of ketones is 1. The van der Waals surface area contributed by atoms with Crippen molar-refractivity contribution >= 4 is 5.78 Å². The van der Waals surface area contributed by atoms with Crippen molar-refractivity contribution in [3.8, 4) is 0 Å². The summed E-state index contributed by atoms with van der Waals surface area (Å²) in [5.74, 6) is 0.147. The zero-order valence-electron chi connectivity index (χ0n) is 11.1. The summed E-state index contributed by atoms with van der Waals surface area (Å²) in [6.07, 6.45) is 14.0. The van der Waals surface area contributed by atoms with Gasteiger partial charge in [0.2, 0.25) is 0 Å². The van der Waals surface area contributed by atoms with Crippen LogP contribution in [-0.2, 0) is 4.79 Å². The van der Waals surface area contributed by atoms with Gasteiger partial charge in [-0.3, -0.25) is 4.79 Å². The van der Waals surface area contributed by atoms with E-state index in [4.69, 9.17) is 0 Å². The summed E-state index contributed by atoms with van der Waals surface area (Å²) in [6, 6.07) is 0. The number of carbonyl (C=O) groups excluding carboxylic acids is 1. The fraction of sp³-hybridized carbons (Fsp3) is 0.800. The minimum atomic E-state index is -0.697. The van der Waals surface area contributed by atoms with E-state index in [-0.39, 0.29) is 5.78 Å². The monoisotopic (exact) mass is 238 g/mol. The Balaban J connectivity index is 2.06. The largest absolute Gasteiger partial charge is 0.386 e. The molecule has 0 bridgehead atoms. The van der Waals surface area contributed by atoms with Crippen molar-refractivity contribution in [2.45, 2.75) is 76.7 Å². The first-order valence-electron chi connectivity index (χ1n) is 7.11. The molecular formula is C15H26O2. The van der Waals surface area contributed by atoms with Crippen LogP contribution in [-0.4, -0.2) is 16.5 Å². The molecule has 17 heavy (non-hydrogen) atoms. The normalized spacial score (nSPS) is 24.2. The Morgan fingerprint density at radius 2 is 1.82 bits per heavy atom. The Bertz CT molecular complexity index is 258. The van der Waals surface area contributed by atoms with Crippen LogP contribution >= 0.6 is 0 Å². The lowest BCUT2D eigenvalue weighted by Crippen LogP contribution is -2.29. The van der Waals surface area contributed by atoms with Gasteiger partial charge in [-0.15, -0.1) is 0 Å². The van der Waals surface area contributed by atoms with E-state index >= 15 is 0 Å². The fourth-order valence-electron chi connectivity index (χ4n) is 2.35. The van der Waals surface area contributed by atoms with E-state index < -0.39 is 5.60 Å². The second-order valence-corrected chi connectivity index (χ2v) is 5.27. The average molecular weight is 238 g/mol. The molecule has 2 nitrogen and oxygen atoms in total. The minimum absolute atomic E-state index is 0.147. The third kappa shape index (κ3) is 6.02. The van der Waals surface area contributed by atoms with Gasteiger partial charge in [0, 0.05) is 6.42 Å². The van der Waals surface area contributed by atoms with Crippen molar-refractivity contribution in [3.63, 3.8) is 0 Å². The van der Waals surface area contributed by atoms with Crippen LogP contribution in [0.2, 0.25) is 0 Å². The van der Waals surface area contributed by atoms with Crippen molar-refractivity contribution in [1.82, 2.24) is 0 Å². The fourth-order valence-corrected chi connectivity index (χ4v) is 2.35. The number of hydrogen-bond donors (Lipinski definition) is 1. The van der Waals surface area contributed by atoms with Crippen molar-refractivity contribution in [1.29, 1.82) is 0 Å². The highest BCUT2D eigenvalue weighted by atomic mass is 16.3. The van der Waals surface area contributed by atoms with E-state index in [1.54, 1.807) is 12.2 Å². The molecule has 0 fully saturated rings. The average Bonchev–Trinajstić information content (AvgIpc) is 2.32. The molecule has 0 amide bonds. The van der Waals surface area contributed by atoms with Gasteiger partial charge < -0.3 is 5.11 Å². The van der Waals surface area contributed by atoms with Crippen LogP contribution < -0.4 is 0 Å². The molecule has 0 aromatic rings. The van der Waals surface area contributed by atoms with Gasteiger partial charge in [-0.2, -0.15) is 0 Å². The number of hydrogen-bond acceptors (Lipinski definition) is 2. The number of carbonyl (C=O) groups is 1. The zero-order chi connectivity index (χ0) is 12.6. The Labute approximate surface area is 105 Å². The standard InChI is InChI=1S/C15H26O2/c1-2-3-4-5-6-7-8-11-15(17)12-9-14(16)10-13-15/h9,12,17H,2-8,10-11,13H2,1H3. The summed E-state index contributed by atoms with van der Waals surface area (Å²) in [6.45, 7) is 2.23.